The molecule has 0 aliphatic heterocycles. The van der Waals surface area contributed by atoms with Crippen molar-refractivity contribution in [2.45, 2.75) is 12.0 Å². The van der Waals surface area contributed by atoms with Crippen LogP contribution in [0.3, 0.4) is 0 Å². The van der Waals surface area contributed by atoms with Gasteiger partial charge in [0.2, 0.25) is 0 Å². The summed E-state index contributed by atoms with van der Waals surface area (Å²) in [5.74, 6) is 0.0841. The minimum Gasteiger partial charge on any atom is -0.435 e. The van der Waals surface area contributed by atoms with Crippen LogP contribution in [0.5, 0.6) is 5.75 Å². The molecule has 0 amide bonds. The van der Waals surface area contributed by atoms with Crippen LogP contribution in [-0.2, 0) is 0 Å². The molecule has 2 rings (SSSR count). The first-order chi connectivity index (χ1) is 8.58. The quantitative estimate of drug-likeness (QED) is 0.694. The van der Waals surface area contributed by atoms with Crippen LogP contribution in [0.15, 0.2) is 35.7 Å². The zero-order valence-corrected chi connectivity index (χ0v) is 11.3. The molecular weight excluding hydrogens is 301 g/mol. The Labute approximate surface area is 117 Å². The van der Waals surface area contributed by atoms with Gasteiger partial charge in [-0.3, -0.25) is 0 Å². The van der Waals surface area contributed by atoms with Gasteiger partial charge in [-0.2, -0.15) is 8.78 Å². The number of rotatable bonds is 4. The zero-order valence-electron chi connectivity index (χ0n) is 8.95. The van der Waals surface area contributed by atoms with E-state index in [-0.39, 0.29) is 5.75 Å². The maximum absolute atomic E-state index is 12.1. The molecule has 0 aliphatic rings. The Morgan fingerprint density at radius 2 is 2.00 bits per heavy atom. The lowest BCUT2D eigenvalue weighted by Gasteiger charge is -2.11. The van der Waals surface area contributed by atoms with Gasteiger partial charge in [-0.15, -0.1) is 22.9 Å². The molecule has 0 saturated heterocycles. The number of benzene rings is 1. The van der Waals surface area contributed by atoms with Gasteiger partial charge in [0.25, 0.3) is 0 Å². The zero-order chi connectivity index (χ0) is 13.1. The topological polar surface area (TPSA) is 9.23 Å². The fraction of sp³-hybridized carbons (Fsp3) is 0.167. The van der Waals surface area contributed by atoms with E-state index in [1.165, 1.54) is 23.5 Å². The lowest BCUT2D eigenvalue weighted by molar-refractivity contribution is -0.0498. The molecular formula is C12H8Cl2F2OS. The van der Waals surface area contributed by atoms with Gasteiger partial charge in [-0.25, -0.2) is 0 Å². The molecule has 1 aromatic heterocycles. The summed E-state index contributed by atoms with van der Waals surface area (Å²) in [6.45, 7) is -2.85. The van der Waals surface area contributed by atoms with Crippen LogP contribution in [0, 0.1) is 0 Å². The van der Waals surface area contributed by atoms with Crippen molar-refractivity contribution >= 4 is 34.5 Å². The first-order valence-corrected chi connectivity index (χ1v) is 6.69. The van der Waals surface area contributed by atoms with Crippen molar-refractivity contribution in [3.63, 3.8) is 0 Å². The molecule has 0 N–H and O–H groups in total. The Hall–Kier alpha value is -0.840. The van der Waals surface area contributed by atoms with Crippen LogP contribution in [0.25, 0.3) is 0 Å². The second-order valence-electron chi connectivity index (χ2n) is 3.45. The van der Waals surface area contributed by atoms with Gasteiger partial charge in [0.15, 0.2) is 0 Å². The molecule has 0 aliphatic carbocycles. The smallest absolute Gasteiger partial charge is 0.387 e. The average Bonchev–Trinajstić information content (AvgIpc) is 2.74. The fourth-order valence-corrected chi connectivity index (χ4v) is 3.12. The van der Waals surface area contributed by atoms with Crippen molar-refractivity contribution in [2.24, 2.45) is 0 Å². The third-order valence-electron chi connectivity index (χ3n) is 2.25. The fourth-order valence-electron chi connectivity index (χ4n) is 1.49. The molecule has 0 bridgehead atoms. The van der Waals surface area contributed by atoms with Crippen molar-refractivity contribution in [3.8, 4) is 5.75 Å². The summed E-state index contributed by atoms with van der Waals surface area (Å²) in [4.78, 5) is 0.785. The first-order valence-electron chi connectivity index (χ1n) is 4.99. The molecule has 18 heavy (non-hydrogen) atoms. The largest absolute Gasteiger partial charge is 0.435 e. The summed E-state index contributed by atoms with van der Waals surface area (Å²) < 4.78 is 28.6. The maximum Gasteiger partial charge on any atom is 0.387 e. The predicted octanol–water partition coefficient (Wildman–Crippen LogP) is 5.33. The van der Waals surface area contributed by atoms with Crippen LogP contribution < -0.4 is 4.74 Å². The Bertz CT molecular complexity index is 530. The monoisotopic (exact) mass is 308 g/mol. The molecule has 0 saturated carbocycles. The van der Waals surface area contributed by atoms with Gasteiger partial charge in [0, 0.05) is 4.88 Å². The minimum absolute atomic E-state index is 0.0841. The average molecular weight is 309 g/mol. The normalized spacial score (nSPS) is 12.7. The van der Waals surface area contributed by atoms with Crippen molar-refractivity contribution in [1.29, 1.82) is 0 Å². The van der Waals surface area contributed by atoms with Gasteiger partial charge in [0.05, 0.1) is 10.4 Å². The van der Waals surface area contributed by atoms with Gasteiger partial charge in [0.1, 0.15) is 5.75 Å². The summed E-state index contributed by atoms with van der Waals surface area (Å²) in [5.41, 5.74) is 0.666. The highest BCUT2D eigenvalue weighted by Gasteiger charge is 2.16. The highest BCUT2D eigenvalue weighted by Crippen LogP contribution is 2.38. The number of hydrogen-bond donors (Lipinski definition) is 0. The molecule has 0 fully saturated rings. The van der Waals surface area contributed by atoms with E-state index < -0.39 is 12.0 Å². The molecule has 1 heterocycles. The van der Waals surface area contributed by atoms with Crippen LogP contribution in [0.1, 0.15) is 15.8 Å². The summed E-state index contributed by atoms with van der Waals surface area (Å²) >= 11 is 13.7. The first kappa shape index (κ1) is 13.6. The highest BCUT2D eigenvalue weighted by molar-refractivity contribution is 7.11. The number of hydrogen-bond acceptors (Lipinski definition) is 2. The van der Waals surface area contributed by atoms with E-state index in [0.29, 0.717) is 10.6 Å². The Balaban J connectivity index is 2.25. The van der Waals surface area contributed by atoms with Gasteiger partial charge in [-0.1, -0.05) is 23.7 Å². The second kappa shape index (κ2) is 5.87. The van der Waals surface area contributed by atoms with Gasteiger partial charge in [-0.05, 0) is 29.1 Å². The van der Waals surface area contributed by atoms with Crippen molar-refractivity contribution in [2.75, 3.05) is 0 Å². The Morgan fingerprint density at radius 3 is 2.61 bits per heavy atom. The van der Waals surface area contributed by atoms with Gasteiger partial charge < -0.3 is 4.74 Å². The summed E-state index contributed by atoms with van der Waals surface area (Å²) in [6, 6.07) is 8.04. The lowest BCUT2D eigenvalue weighted by Crippen LogP contribution is -2.02. The Kier molecular flexibility index (Phi) is 4.43. The molecule has 1 unspecified atom stereocenters. The van der Waals surface area contributed by atoms with Crippen molar-refractivity contribution in [3.05, 3.63) is 51.2 Å². The third kappa shape index (κ3) is 3.13. The van der Waals surface area contributed by atoms with Crippen LogP contribution >= 0.6 is 34.5 Å². The summed E-state index contributed by atoms with van der Waals surface area (Å²) in [5, 5.41) is 1.92. The van der Waals surface area contributed by atoms with Crippen molar-refractivity contribution in [1.82, 2.24) is 0 Å². The molecule has 0 spiro atoms. The molecule has 1 atom stereocenters. The SMILES string of the molecule is FC(F)Oc1cccc(C(Cl)c2sccc2Cl)c1. The van der Waals surface area contributed by atoms with E-state index in [0.717, 1.165) is 4.88 Å². The van der Waals surface area contributed by atoms with Crippen molar-refractivity contribution < 1.29 is 13.5 Å². The Morgan fingerprint density at radius 1 is 1.22 bits per heavy atom. The van der Waals surface area contributed by atoms with E-state index in [1.54, 1.807) is 18.2 Å². The van der Waals surface area contributed by atoms with E-state index in [4.69, 9.17) is 23.2 Å². The van der Waals surface area contributed by atoms with E-state index in [9.17, 15) is 8.78 Å². The van der Waals surface area contributed by atoms with Crippen LogP contribution in [-0.4, -0.2) is 6.61 Å². The minimum atomic E-state index is -2.85. The molecule has 2 aromatic rings. The standard InChI is InChI=1S/C12H8Cl2F2OS/c13-9-4-5-18-11(9)10(14)7-2-1-3-8(6-7)17-12(15)16/h1-6,10,12H. The molecule has 6 heteroatoms. The highest BCUT2D eigenvalue weighted by atomic mass is 35.5. The molecule has 96 valence electrons. The van der Waals surface area contributed by atoms with E-state index >= 15 is 0 Å². The molecule has 1 aromatic carbocycles. The predicted molar refractivity (Wildman–Crippen MR) is 70.1 cm³/mol. The van der Waals surface area contributed by atoms with E-state index in [2.05, 4.69) is 4.74 Å². The number of thiophene rings is 1. The van der Waals surface area contributed by atoms with Gasteiger partial charge >= 0.3 is 6.61 Å². The maximum atomic E-state index is 12.1. The molecule has 0 radical (unpaired) electrons. The number of halogens is 4. The van der Waals surface area contributed by atoms with Crippen LogP contribution in [0.4, 0.5) is 8.78 Å². The number of alkyl halides is 3. The summed E-state index contributed by atoms with van der Waals surface area (Å²) in [6.07, 6.45) is 0. The number of ether oxygens (including phenoxy) is 1. The molecule has 1 nitrogen and oxygen atoms in total. The van der Waals surface area contributed by atoms with Crippen LogP contribution in [0.2, 0.25) is 5.02 Å². The second-order valence-corrected chi connectivity index (χ2v) is 5.24. The third-order valence-corrected chi connectivity index (χ3v) is 4.27. The van der Waals surface area contributed by atoms with E-state index in [1.807, 2.05) is 5.38 Å². The lowest BCUT2D eigenvalue weighted by atomic mass is 10.1. The summed E-state index contributed by atoms with van der Waals surface area (Å²) in [7, 11) is 0.